The van der Waals surface area contributed by atoms with Gasteiger partial charge in [-0.15, -0.1) is 0 Å². The molecule has 106 valence electrons. The average Bonchev–Trinajstić information content (AvgIpc) is 2.41. The monoisotopic (exact) mass is 262 g/mol. The number of benzene rings is 1. The van der Waals surface area contributed by atoms with Gasteiger partial charge in [0.1, 0.15) is 5.75 Å². The van der Waals surface area contributed by atoms with Gasteiger partial charge in [0.15, 0.2) is 0 Å². The number of para-hydroxylation sites is 1. The zero-order chi connectivity index (χ0) is 13.8. The van der Waals surface area contributed by atoms with E-state index in [-0.39, 0.29) is 6.10 Å². The molecule has 1 aliphatic heterocycles. The molecule has 0 aromatic heterocycles. The molecule has 2 rings (SSSR count). The van der Waals surface area contributed by atoms with Gasteiger partial charge in [-0.3, -0.25) is 0 Å². The highest BCUT2D eigenvalue weighted by molar-refractivity contribution is 5.74. The summed E-state index contributed by atoms with van der Waals surface area (Å²) in [6.07, 6.45) is 3.99. The van der Waals surface area contributed by atoms with Gasteiger partial charge in [0.05, 0.1) is 17.5 Å². The Labute approximate surface area is 116 Å². The summed E-state index contributed by atoms with van der Waals surface area (Å²) in [7, 11) is 0. The maximum Gasteiger partial charge on any atom is 0.144 e. The molecule has 0 spiro atoms. The second kappa shape index (κ2) is 6.18. The zero-order valence-corrected chi connectivity index (χ0v) is 12.4. The van der Waals surface area contributed by atoms with E-state index in [4.69, 9.17) is 10.5 Å². The maximum absolute atomic E-state index is 6.26. The molecule has 0 saturated carbocycles. The summed E-state index contributed by atoms with van der Waals surface area (Å²) in [6, 6.07) is 6.10. The fourth-order valence-electron chi connectivity index (χ4n) is 2.75. The predicted molar refractivity (Wildman–Crippen MR) is 81.8 cm³/mol. The second-order valence-electron chi connectivity index (χ2n) is 5.69. The third-order valence-corrected chi connectivity index (χ3v) is 3.94. The van der Waals surface area contributed by atoms with Crippen molar-refractivity contribution < 1.29 is 4.74 Å². The average molecular weight is 262 g/mol. The number of rotatable bonds is 4. The summed E-state index contributed by atoms with van der Waals surface area (Å²) in [5.74, 6) is 1.69. The minimum atomic E-state index is 0.156. The van der Waals surface area contributed by atoms with E-state index in [0.717, 1.165) is 36.1 Å². The van der Waals surface area contributed by atoms with E-state index in [9.17, 15) is 0 Å². The summed E-state index contributed by atoms with van der Waals surface area (Å²) in [4.78, 5) is 2.40. The molecule has 1 aromatic carbocycles. The molecular formula is C16H26N2O. The van der Waals surface area contributed by atoms with Gasteiger partial charge < -0.3 is 15.4 Å². The third-order valence-electron chi connectivity index (χ3n) is 3.94. The minimum absolute atomic E-state index is 0.156. The Morgan fingerprint density at radius 3 is 2.58 bits per heavy atom. The highest BCUT2D eigenvalue weighted by Gasteiger charge is 2.20. The zero-order valence-electron chi connectivity index (χ0n) is 12.4. The first-order chi connectivity index (χ1) is 9.11. The fraction of sp³-hybridized carbons (Fsp3) is 0.625. The van der Waals surface area contributed by atoms with Crippen LogP contribution in [0.25, 0.3) is 0 Å². The topological polar surface area (TPSA) is 38.5 Å². The Balaban J connectivity index is 2.12. The molecule has 0 aliphatic carbocycles. The number of hydrogen-bond donors (Lipinski definition) is 1. The molecule has 0 atom stereocenters. The first kappa shape index (κ1) is 14.0. The number of piperidine rings is 1. The molecule has 1 saturated heterocycles. The van der Waals surface area contributed by atoms with E-state index in [1.54, 1.807) is 0 Å². The van der Waals surface area contributed by atoms with Gasteiger partial charge in [-0.25, -0.2) is 0 Å². The lowest BCUT2D eigenvalue weighted by atomic mass is 9.94. The predicted octanol–water partition coefficient (Wildman–Crippen LogP) is 3.68. The van der Waals surface area contributed by atoms with Crippen LogP contribution in [0.4, 0.5) is 11.4 Å². The number of nitrogens with zero attached hydrogens (tertiary/aromatic N) is 1. The van der Waals surface area contributed by atoms with Crippen LogP contribution in [0.5, 0.6) is 5.75 Å². The summed E-state index contributed by atoms with van der Waals surface area (Å²) < 4.78 is 5.77. The number of ether oxygens (including phenoxy) is 1. The molecule has 1 aromatic rings. The van der Waals surface area contributed by atoms with Crippen LogP contribution >= 0.6 is 0 Å². The van der Waals surface area contributed by atoms with Gasteiger partial charge in [0, 0.05) is 13.1 Å². The van der Waals surface area contributed by atoms with Gasteiger partial charge in [-0.2, -0.15) is 0 Å². The Bertz CT molecular complexity index is 409. The normalized spacial score (nSPS) is 16.9. The second-order valence-corrected chi connectivity index (χ2v) is 5.69. The lowest BCUT2D eigenvalue weighted by Crippen LogP contribution is -2.34. The smallest absolute Gasteiger partial charge is 0.144 e. The van der Waals surface area contributed by atoms with Crippen molar-refractivity contribution in [3.63, 3.8) is 0 Å². The molecule has 3 heteroatoms. The molecule has 0 bridgehead atoms. The Hall–Kier alpha value is -1.38. The molecule has 1 heterocycles. The van der Waals surface area contributed by atoms with Crippen LogP contribution in [0.1, 0.15) is 40.0 Å². The van der Waals surface area contributed by atoms with E-state index < -0.39 is 0 Å². The van der Waals surface area contributed by atoms with Gasteiger partial charge in [0.2, 0.25) is 0 Å². The molecule has 3 nitrogen and oxygen atoms in total. The van der Waals surface area contributed by atoms with Crippen molar-refractivity contribution in [1.82, 2.24) is 0 Å². The van der Waals surface area contributed by atoms with Crippen LogP contribution in [0.15, 0.2) is 18.2 Å². The van der Waals surface area contributed by atoms with Gasteiger partial charge in [-0.1, -0.05) is 19.4 Å². The Morgan fingerprint density at radius 1 is 1.32 bits per heavy atom. The SMILES string of the molecule is CCC1CCN(c2cccc(OC(C)C)c2N)CC1. The van der Waals surface area contributed by atoms with Crippen LogP contribution in [0, 0.1) is 5.92 Å². The van der Waals surface area contributed by atoms with Crippen LogP contribution in [0.2, 0.25) is 0 Å². The van der Waals surface area contributed by atoms with E-state index in [0.29, 0.717) is 0 Å². The molecule has 0 radical (unpaired) electrons. The van der Waals surface area contributed by atoms with Crippen molar-refractivity contribution in [2.75, 3.05) is 23.7 Å². The highest BCUT2D eigenvalue weighted by Crippen LogP contribution is 2.35. The standard InChI is InChI=1S/C16H26N2O/c1-4-13-8-10-18(11-9-13)14-6-5-7-15(16(14)17)19-12(2)3/h5-7,12-13H,4,8-11,17H2,1-3H3. The van der Waals surface area contributed by atoms with Crippen LogP contribution < -0.4 is 15.4 Å². The highest BCUT2D eigenvalue weighted by atomic mass is 16.5. The Kier molecular flexibility index (Phi) is 4.56. The van der Waals surface area contributed by atoms with Crippen molar-refractivity contribution in [2.45, 2.75) is 46.1 Å². The van der Waals surface area contributed by atoms with E-state index >= 15 is 0 Å². The van der Waals surface area contributed by atoms with E-state index in [1.165, 1.54) is 19.3 Å². The summed E-state index contributed by atoms with van der Waals surface area (Å²) >= 11 is 0. The first-order valence-electron chi connectivity index (χ1n) is 7.42. The van der Waals surface area contributed by atoms with Crippen molar-refractivity contribution >= 4 is 11.4 Å². The maximum atomic E-state index is 6.26. The molecule has 19 heavy (non-hydrogen) atoms. The largest absolute Gasteiger partial charge is 0.489 e. The van der Waals surface area contributed by atoms with Crippen LogP contribution in [-0.4, -0.2) is 19.2 Å². The van der Waals surface area contributed by atoms with Crippen molar-refractivity contribution in [1.29, 1.82) is 0 Å². The van der Waals surface area contributed by atoms with Crippen LogP contribution in [0.3, 0.4) is 0 Å². The summed E-state index contributed by atoms with van der Waals surface area (Å²) in [5.41, 5.74) is 8.18. The van der Waals surface area contributed by atoms with E-state index in [2.05, 4.69) is 17.9 Å². The van der Waals surface area contributed by atoms with Gasteiger partial charge in [0.25, 0.3) is 0 Å². The fourth-order valence-corrected chi connectivity index (χ4v) is 2.75. The van der Waals surface area contributed by atoms with Gasteiger partial charge in [-0.05, 0) is 44.7 Å². The lowest BCUT2D eigenvalue weighted by Gasteiger charge is -2.34. The number of nitrogens with two attached hydrogens (primary N) is 1. The van der Waals surface area contributed by atoms with Crippen molar-refractivity contribution in [3.8, 4) is 5.75 Å². The minimum Gasteiger partial charge on any atom is -0.489 e. The van der Waals surface area contributed by atoms with E-state index in [1.807, 2.05) is 26.0 Å². The van der Waals surface area contributed by atoms with Crippen LogP contribution in [-0.2, 0) is 0 Å². The van der Waals surface area contributed by atoms with Crippen molar-refractivity contribution in [3.05, 3.63) is 18.2 Å². The molecule has 1 fully saturated rings. The lowest BCUT2D eigenvalue weighted by molar-refractivity contribution is 0.244. The number of hydrogen-bond acceptors (Lipinski definition) is 3. The summed E-state index contributed by atoms with van der Waals surface area (Å²) in [5, 5.41) is 0. The quantitative estimate of drug-likeness (QED) is 0.841. The molecule has 0 amide bonds. The van der Waals surface area contributed by atoms with Gasteiger partial charge >= 0.3 is 0 Å². The molecule has 1 aliphatic rings. The number of nitrogen functional groups attached to an aromatic ring is 1. The molecule has 2 N–H and O–H groups in total. The third kappa shape index (κ3) is 3.34. The molecule has 0 unspecified atom stereocenters. The van der Waals surface area contributed by atoms with Crippen molar-refractivity contribution in [2.24, 2.45) is 5.92 Å². The number of anilines is 2. The summed E-state index contributed by atoms with van der Waals surface area (Å²) in [6.45, 7) is 8.55. The Morgan fingerprint density at radius 2 is 2.00 bits per heavy atom. The first-order valence-corrected chi connectivity index (χ1v) is 7.42. The molecular weight excluding hydrogens is 236 g/mol.